The molecule has 0 aromatic heterocycles. The van der Waals surface area contributed by atoms with Crippen LogP contribution in [0.1, 0.15) is 21.5 Å². The summed E-state index contributed by atoms with van der Waals surface area (Å²) in [6, 6.07) is 9.45. The molecule has 0 radical (unpaired) electrons. The number of Topliss-reactive ketones (excluding diaryl/α,β-unsaturated/α-hetero) is 1. The molecule has 0 saturated heterocycles. The average molecular weight is 349 g/mol. The molecule has 1 aliphatic heterocycles. The smallest absolute Gasteiger partial charge is 0.416 e. The van der Waals surface area contributed by atoms with Crippen molar-refractivity contribution in [1.82, 2.24) is 0 Å². The predicted molar refractivity (Wildman–Crippen MR) is 84.8 cm³/mol. The molecule has 0 bridgehead atoms. The van der Waals surface area contributed by atoms with E-state index in [1.54, 1.807) is 18.2 Å². The van der Waals surface area contributed by atoms with Crippen molar-refractivity contribution in [1.29, 1.82) is 0 Å². The van der Waals surface area contributed by atoms with Gasteiger partial charge in [0.05, 0.1) is 23.4 Å². The van der Waals surface area contributed by atoms with E-state index in [9.17, 15) is 22.8 Å². The predicted octanol–water partition coefficient (Wildman–Crippen LogP) is 3.62. The standard InChI is InChI=1S/C18H14F3NO3/c1-11-2-7-15-14(10-11)16(23)17(24)22(15)8-9-25-13-5-3-12(4-6-13)18(19,20)21/h2-7,10H,8-9H2,1H3. The number of ketones is 1. The van der Waals surface area contributed by atoms with E-state index in [0.717, 1.165) is 17.7 Å². The van der Waals surface area contributed by atoms with Gasteiger partial charge in [-0.1, -0.05) is 11.6 Å². The van der Waals surface area contributed by atoms with Crippen molar-refractivity contribution in [2.75, 3.05) is 18.1 Å². The molecule has 0 saturated carbocycles. The molecule has 4 nitrogen and oxygen atoms in total. The molecule has 25 heavy (non-hydrogen) atoms. The van der Waals surface area contributed by atoms with Crippen LogP contribution in [0.3, 0.4) is 0 Å². The number of hydrogen-bond donors (Lipinski definition) is 0. The summed E-state index contributed by atoms with van der Waals surface area (Å²) in [7, 11) is 0. The molecule has 0 spiro atoms. The van der Waals surface area contributed by atoms with Crippen molar-refractivity contribution in [3.63, 3.8) is 0 Å². The maximum absolute atomic E-state index is 12.5. The number of halogens is 3. The molecule has 2 aromatic rings. The summed E-state index contributed by atoms with van der Waals surface area (Å²) in [5.41, 5.74) is 1.00. The lowest BCUT2D eigenvalue weighted by atomic mass is 10.1. The molecule has 130 valence electrons. The van der Waals surface area contributed by atoms with Crippen LogP contribution in [0.2, 0.25) is 0 Å². The van der Waals surface area contributed by atoms with Gasteiger partial charge in [0.2, 0.25) is 0 Å². The van der Waals surface area contributed by atoms with E-state index in [1.165, 1.54) is 17.0 Å². The highest BCUT2D eigenvalue weighted by molar-refractivity contribution is 6.52. The molecular formula is C18H14F3NO3. The molecule has 0 fully saturated rings. The van der Waals surface area contributed by atoms with Crippen molar-refractivity contribution < 1.29 is 27.5 Å². The molecule has 7 heteroatoms. The number of amides is 1. The van der Waals surface area contributed by atoms with Gasteiger partial charge < -0.3 is 9.64 Å². The Labute approximate surface area is 141 Å². The Bertz CT molecular complexity index is 828. The number of carbonyl (C=O) groups is 2. The van der Waals surface area contributed by atoms with Gasteiger partial charge in [0, 0.05) is 0 Å². The second kappa shape index (κ2) is 6.23. The van der Waals surface area contributed by atoms with Crippen LogP contribution in [0.5, 0.6) is 5.75 Å². The van der Waals surface area contributed by atoms with Gasteiger partial charge in [-0.2, -0.15) is 13.2 Å². The van der Waals surface area contributed by atoms with E-state index in [4.69, 9.17) is 4.74 Å². The fraction of sp³-hybridized carbons (Fsp3) is 0.222. The van der Waals surface area contributed by atoms with Gasteiger partial charge in [0.25, 0.3) is 11.7 Å². The Kier molecular flexibility index (Phi) is 4.24. The highest BCUT2D eigenvalue weighted by atomic mass is 19.4. The molecule has 3 rings (SSSR count). The van der Waals surface area contributed by atoms with E-state index in [1.807, 2.05) is 6.92 Å². The number of fused-ring (bicyclic) bond motifs is 1. The number of hydrogen-bond acceptors (Lipinski definition) is 3. The number of aryl methyl sites for hydroxylation is 1. The van der Waals surface area contributed by atoms with Crippen LogP contribution in [0.4, 0.5) is 18.9 Å². The van der Waals surface area contributed by atoms with Crippen molar-refractivity contribution in [2.45, 2.75) is 13.1 Å². The summed E-state index contributed by atoms with van der Waals surface area (Å²) in [5, 5.41) is 0. The zero-order chi connectivity index (χ0) is 18.2. The Hall–Kier alpha value is -2.83. The SMILES string of the molecule is Cc1ccc2c(c1)C(=O)C(=O)N2CCOc1ccc(C(F)(F)F)cc1. The summed E-state index contributed by atoms with van der Waals surface area (Å²) in [6.45, 7) is 2.01. The number of anilines is 1. The zero-order valence-electron chi connectivity index (χ0n) is 13.3. The van der Waals surface area contributed by atoms with Crippen LogP contribution < -0.4 is 9.64 Å². The van der Waals surface area contributed by atoms with Crippen LogP contribution in [0.15, 0.2) is 42.5 Å². The third-order valence-corrected chi connectivity index (χ3v) is 3.89. The number of alkyl halides is 3. The monoisotopic (exact) mass is 349 g/mol. The first-order chi connectivity index (χ1) is 11.8. The van der Waals surface area contributed by atoms with E-state index < -0.39 is 23.4 Å². The first-order valence-electron chi connectivity index (χ1n) is 7.54. The fourth-order valence-electron chi connectivity index (χ4n) is 2.63. The van der Waals surface area contributed by atoms with Gasteiger partial charge in [0.1, 0.15) is 12.4 Å². The molecule has 0 unspecified atom stereocenters. The molecule has 0 N–H and O–H groups in total. The quantitative estimate of drug-likeness (QED) is 0.792. The van der Waals surface area contributed by atoms with E-state index in [-0.39, 0.29) is 18.9 Å². The van der Waals surface area contributed by atoms with Gasteiger partial charge >= 0.3 is 6.18 Å². The average Bonchev–Trinajstić information content (AvgIpc) is 2.79. The van der Waals surface area contributed by atoms with Crippen LogP contribution in [0.25, 0.3) is 0 Å². The molecule has 2 aromatic carbocycles. The topological polar surface area (TPSA) is 46.6 Å². The first-order valence-corrected chi connectivity index (χ1v) is 7.54. The van der Waals surface area contributed by atoms with Crippen LogP contribution >= 0.6 is 0 Å². The minimum absolute atomic E-state index is 0.0533. The van der Waals surface area contributed by atoms with Gasteiger partial charge in [0.15, 0.2) is 0 Å². The molecule has 1 aliphatic rings. The Morgan fingerprint density at radius 2 is 1.72 bits per heavy atom. The summed E-state index contributed by atoms with van der Waals surface area (Å²) in [4.78, 5) is 25.4. The van der Waals surface area contributed by atoms with Gasteiger partial charge in [-0.05, 0) is 43.3 Å². The number of carbonyl (C=O) groups excluding carboxylic acids is 2. The van der Waals surface area contributed by atoms with Crippen molar-refractivity contribution >= 4 is 17.4 Å². The molecule has 0 atom stereocenters. The lowest BCUT2D eigenvalue weighted by Crippen LogP contribution is -2.33. The van der Waals surface area contributed by atoms with Gasteiger partial charge in [-0.15, -0.1) is 0 Å². The normalized spacial score (nSPS) is 14.0. The lowest BCUT2D eigenvalue weighted by Gasteiger charge is -2.17. The summed E-state index contributed by atoms with van der Waals surface area (Å²) in [6.07, 6.45) is -4.40. The molecule has 1 amide bonds. The lowest BCUT2D eigenvalue weighted by molar-refractivity contribution is -0.137. The highest BCUT2D eigenvalue weighted by Crippen LogP contribution is 2.31. The molecular weight excluding hydrogens is 335 g/mol. The second-order valence-electron chi connectivity index (χ2n) is 5.68. The minimum Gasteiger partial charge on any atom is -0.492 e. The van der Waals surface area contributed by atoms with E-state index in [2.05, 4.69) is 0 Å². The maximum atomic E-state index is 12.5. The summed E-state index contributed by atoms with van der Waals surface area (Å²) < 4.78 is 42.9. The zero-order valence-corrected chi connectivity index (χ0v) is 13.3. The van der Waals surface area contributed by atoms with Gasteiger partial charge in [-0.3, -0.25) is 9.59 Å². The molecule has 0 aliphatic carbocycles. The van der Waals surface area contributed by atoms with E-state index >= 15 is 0 Å². The third kappa shape index (κ3) is 3.35. The summed E-state index contributed by atoms with van der Waals surface area (Å²) >= 11 is 0. The largest absolute Gasteiger partial charge is 0.492 e. The second-order valence-corrected chi connectivity index (χ2v) is 5.68. The van der Waals surface area contributed by atoms with Crippen LogP contribution in [-0.4, -0.2) is 24.8 Å². The number of nitrogens with zero attached hydrogens (tertiary/aromatic N) is 1. The third-order valence-electron chi connectivity index (χ3n) is 3.89. The Morgan fingerprint density at radius 1 is 1.04 bits per heavy atom. The minimum atomic E-state index is -4.40. The van der Waals surface area contributed by atoms with Crippen molar-refractivity contribution in [2.24, 2.45) is 0 Å². The number of rotatable bonds is 4. The summed E-state index contributed by atoms with van der Waals surface area (Å²) in [5.74, 6) is -0.931. The Morgan fingerprint density at radius 3 is 2.36 bits per heavy atom. The van der Waals surface area contributed by atoms with Crippen molar-refractivity contribution in [3.8, 4) is 5.75 Å². The van der Waals surface area contributed by atoms with Gasteiger partial charge in [-0.25, -0.2) is 0 Å². The van der Waals surface area contributed by atoms with Crippen LogP contribution in [-0.2, 0) is 11.0 Å². The fourth-order valence-corrected chi connectivity index (χ4v) is 2.63. The molecule has 1 heterocycles. The number of ether oxygens (including phenoxy) is 1. The Balaban J connectivity index is 1.65. The number of benzene rings is 2. The van der Waals surface area contributed by atoms with Crippen LogP contribution in [0, 0.1) is 6.92 Å². The maximum Gasteiger partial charge on any atom is 0.416 e. The van der Waals surface area contributed by atoms with Crippen molar-refractivity contribution in [3.05, 3.63) is 59.2 Å². The van der Waals surface area contributed by atoms with E-state index in [0.29, 0.717) is 11.3 Å². The highest BCUT2D eigenvalue weighted by Gasteiger charge is 2.35. The first kappa shape index (κ1) is 17.0.